The van der Waals surface area contributed by atoms with Gasteiger partial charge in [-0.1, -0.05) is 30.3 Å². The van der Waals surface area contributed by atoms with Crippen LogP contribution in [0, 0.1) is 0 Å². The van der Waals surface area contributed by atoms with Gasteiger partial charge in [-0.25, -0.2) is 4.98 Å². The molecule has 2 aromatic heterocycles. The molecule has 0 saturated carbocycles. The van der Waals surface area contributed by atoms with E-state index in [9.17, 15) is 4.79 Å². The maximum atomic E-state index is 11.6. The number of hydrogen-bond acceptors (Lipinski definition) is 3. The van der Waals surface area contributed by atoms with Gasteiger partial charge in [-0.3, -0.25) is 9.48 Å². The van der Waals surface area contributed by atoms with Crippen LogP contribution in [0.25, 0.3) is 11.3 Å². The molecule has 0 aliphatic heterocycles. The average Bonchev–Trinajstić information content (AvgIpc) is 2.89. The summed E-state index contributed by atoms with van der Waals surface area (Å²) in [6.45, 7) is 0.672. The highest BCUT2D eigenvalue weighted by Gasteiger charge is 2.07. The molecular weight excluding hydrogens is 240 g/mol. The SMILES string of the molecule is O=c1[nH]ccnc1-c1cnn(Cc2ccccc2)c1. The molecule has 19 heavy (non-hydrogen) atoms. The second-order valence-corrected chi connectivity index (χ2v) is 4.18. The molecule has 0 atom stereocenters. The van der Waals surface area contributed by atoms with Crippen LogP contribution < -0.4 is 5.56 Å². The van der Waals surface area contributed by atoms with Crippen LogP contribution in [-0.2, 0) is 6.54 Å². The van der Waals surface area contributed by atoms with E-state index in [1.54, 1.807) is 17.1 Å². The molecule has 0 saturated heterocycles. The van der Waals surface area contributed by atoms with Gasteiger partial charge < -0.3 is 4.98 Å². The van der Waals surface area contributed by atoms with Crippen LogP contribution in [0.15, 0.2) is 59.9 Å². The highest BCUT2D eigenvalue weighted by Crippen LogP contribution is 2.11. The van der Waals surface area contributed by atoms with Crippen LogP contribution in [0.3, 0.4) is 0 Å². The number of nitrogens with one attached hydrogen (secondary N) is 1. The van der Waals surface area contributed by atoms with Gasteiger partial charge in [0, 0.05) is 24.2 Å². The average molecular weight is 252 g/mol. The molecule has 1 N–H and O–H groups in total. The van der Waals surface area contributed by atoms with E-state index >= 15 is 0 Å². The van der Waals surface area contributed by atoms with E-state index in [2.05, 4.69) is 15.1 Å². The molecule has 5 heteroatoms. The fourth-order valence-electron chi connectivity index (χ4n) is 1.90. The predicted molar refractivity (Wildman–Crippen MR) is 71.6 cm³/mol. The van der Waals surface area contributed by atoms with Gasteiger partial charge in [-0.15, -0.1) is 0 Å². The predicted octanol–water partition coefficient (Wildman–Crippen LogP) is 1.68. The molecule has 0 aliphatic rings. The Morgan fingerprint density at radius 1 is 1.21 bits per heavy atom. The molecule has 3 rings (SSSR count). The zero-order valence-corrected chi connectivity index (χ0v) is 10.2. The van der Waals surface area contributed by atoms with Crippen molar-refractivity contribution in [3.05, 3.63) is 71.0 Å². The molecule has 2 heterocycles. The van der Waals surface area contributed by atoms with E-state index in [1.165, 1.54) is 6.20 Å². The maximum Gasteiger partial charge on any atom is 0.274 e. The van der Waals surface area contributed by atoms with Crippen molar-refractivity contribution in [1.82, 2.24) is 19.7 Å². The zero-order valence-electron chi connectivity index (χ0n) is 10.2. The summed E-state index contributed by atoms with van der Waals surface area (Å²) >= 11 is 0. The minimum atomic E-state index is -0.207. The third-order valence-corrected chi connectivity index (χ3v) is 2.80. The number of nitrogens with zero attached hydrogens (tertiary/aromatic N) is 3. The largest absolute Gasteiger partial charge is 0.326 e. The molecule has 0 unspecified atom stereocenters. The fourth-order valence-corrected chi connectivity index (χ4v) is 1.90. The lowest BCUT2D eigenvalue weighted by Crippen LogP contribution is -2.09. The lowest BCUT2D eigenvalue weighted by Gasteiger charge is -2.00. The van der Waals surface area contributed by atoms with Crippen LogP contribution in [0.5, 0.6) is 0 Å². The fraction of sp³-hybridized carbons (Fsp3) is 0.0714. The number of H-pyrrole nitrogens is 1. The smallest absolute Gasteiger partial charge is 0.274 e. The van der Waals surface area contributed by atoms with Gasteiger partial charge in [-0.2, -0.15) is 5.10 Å². The first-order valence-electron chi connectivity index (χ1n) is 5.93. The van der Waals surface area contributed by atoms with Crippen molar-refractivity contribution in [2.45, 2.75) is 6.54 Å². The summed E-state index contributed by atoms with van der Waals surface area (Å²) in [5.41, 5.74) is 2.06. The summed E-state index contributed by atoms with van der Waals surface area (Å²) < 4.78 is 1.79. The Hall–Kier alpha value is -2.69. The van der Waals surface area contributed by atoms with E-state index < -0.39 is 0 Å². The van der Waals surface area contributed by atoms with E-state index in [-0.39, 0.29) is 5.56 Å². The molecule has 0 radical (unpaired) electrons. The normalized spacial score (nSPS) is 10.5. The van der Waals surface area contributed by atoms with Gasteiger partial charge in [0.15, 0.2) is 0 Å². The molecule has 3 aromatic rings. The van der Waals surface area contributed by atoms with E-state index in [0.29, 0.717) is 12.2 Å². The second kappa shape index (κ2) is 4.89. The third-order valence-electron chi connectivity index (χ3n) is 2.80. The molecular formula is C14H12N4O. The first kappa shape index (κ1) is 11.4. The minimum Gasteiger partial charge on any atom is -0.326 e. The maximum absolute atomic E-state index is 11.6. The highest BCUT2D eigenvalue weighted by atomic mass is 16.1. The van der Waals surface area contributed by atoms with Crippen molar-refractivity contribution in [1.29, 1.82) is 0 Å². The molecule has 0 aliphatic carbocycles. The number of benzene rings is 1. The Bertz CT molecular complexity index is 730. The summed E-state index contributed by atoms with van der Waals surface area (Å²) in [7, 11) is 0. The van der Waals surface area contributed by atoms with Crippen molar-refractivity contribution in [3.63, 3.8) is 0 Å². The first-order chi connectivity index (χ1) is 9.33. The summed E-state index contributed by atoms with van der Waals surface area (Å²) in [5.74, 6) is 0. The van der Waals surface area contributed by atoms with Crippen LogP contribution >= 0.6 is 0 Å². The standard InChI is InChI=1S/C14H12N4O/c19-14-13(15-6-7-16-14)12-8-17-18(10-12)9-11-4-2-1-3-5-11/h1-8,10H,9H2,(H,16,19). The number of hydrogen-bond donors (Lipinski definition) is 1. The monoisotopic (exact) mass is 252 g/mol. The van der Waals surface area contributed by atoms with Gasteiger partial charge in [0.05, 0.1) is 12.7 Å². The Balaban J connectivity index is 1.88. The van der Waals surface area contributed by atoms with Crippen LogP contribution in [0.2, 0.25) is 0 Å². The Kier molecular flexibility index (Phi) is 2.94. The zero-order chi connectivity index (χ0) is 13.1. The number of aromatic amines is 1. The Labute approximate surface area is 109 Å². The van der Waals surface area contributed by atoms with Gasteiger partial charge in [0.2, 0.25) is 0 Å². The first-order valence-corrected chi connectivity index (χ1v) is 5.93. The summed E-state index contributed by atoms with van der Waals surface area (Å²) in [5, 5.41) is 4.25. The lowest BCUT2D eigenvalue weighted by atomic mass is 10.2. The van der Waals surface area contributed by atoms with Crippen molar-refractivity contribution in [2.75, 3.05) is 0 Å². The molecule has 1 aromatic carbocycles. The van der Waals surface area contributed by atoms with E-state index in [4.69, 9.17) is 0 Å². The molecule has 0 spiro atoms. The van der Waals surface area contributed by atoms with Gasteiger partial charge in [-0.05, 0) is 5.56 Å². The highest BCUT2D eigenvalue weighted by molar-refractivity contribution is 5.55. The van der Waals surface area contributed by atoms with Crippen molar-refractivity contribution >= 4 is 0 Å². The Morgan fingerprint density at radius 2 is 2.05 bits per heavy atom. The van der Waals surface area contributed by atoms with Crippen LogP contribution in [0.1, 0.15) is 5.56 Å². The number of rotatable bonds is 3. The van der Waals surface area contributed by atoms with Gasteiger partial charge >= 0.3 is 0 Å². The Morgan fingerprint density at radius 3 is 2.84 bits per heavy atom. The summed E-state index contributed by atoms with van der Waals surface area (Å²) in [6, 6.07) is 10.0. The third kappa shape index (κ3) is 2.44. The van der Waals surface area contributed by atoms with E-state index in [0.717, 1.165) is 11.1 Å². The van der Waals surface area contributed by atoms with Crippen LogP contribution in [0.4, 0.5) is 0 Å². The summed E-state index contributed by atoms with van der Waals surface area (Å²) in [6.07, 6.45) is 6.55. The van der Waals surface area contributed by atoms with Gasteiger partial charge in [0.25, 0.3) is 5.56 Å². The van der Waals surface area contributed by atoms with Crippen LogP contribution in [-0.4, -0.2) is 19.7 Å². The van der Waals surface area contributed by atoms with Crippen molar-refractivity contribution in [3.8, 4) is 11.3 Å². The topological polar surface area (TPSA) is 63.6 Å². The van der Waals surface area contributed by atoms with Crippen molar-refractivity contribution < 1.29 is 0 Å². The molecule has 5 nitrogen and oxygen atoms in total. The number of aromatic nitrogens is 4. The quantitative estimate of drug-likeness (QED) is 0.771. The second-order valence-electron chi connectivity index (χ2n) is 4.18. The van der Waals surface area contributed by atoms with Gasteiger partial charge in [0.1, 0.15) is 5.69 Å². The summed E-state index contributed by atoms with van der Waals surface area (Å²) in [4.78, 5) is 18.3. The van der Waals surface area contributed by atoms with Crippen molar-refractivity contribution in [2.24, 2.45) is 0 Å². The minimum absolute atomic E-state index is 0.207. The molecule has 0 bridgehead atoms. The molecule has 94 valence electrons. The molecule has 0 fully saturated rings. The molecule has 0 amide bonds. The van der Waals surface area contributed by atoms with E-state index in [1.807, 2.05) is 36.5 Å². The lowest BCUT2D eigenvalue weighted by molar-refractivity contribution is 0.687.